The molecule has 1 aliphatic rings. The summed E-state index contributed by atoms with van der Waals surface area (Å²) < 4.78 is 5.07. The molecule has 0 spiro atoms. The van der Waals surface area contributed by atoms with E-state index in [0.717, 1.165) is 4.90 Å². The molecule has 0 amide bonds. The van der Waals surface area contributed by atoms with Gasteiger partial charge in [-0.2, -0.15) is 0 Å². The lowest BCUT2D eigenvalue weighted by Gasteiger charge is -2.22. The van der Waals surface area contributed by atoms with Gasteiger partial charge in [0, 0.05) is 10.8 Å². The Labute approximate surface area is 140 Å². The van der Waals surface area contributed by atoms with E-state index in [4.69, 9.17) is 4.74 Å². The van der Waals surface area contributed by atoms with Crippen molar-refractivity contribution in [2.75, 3.05) is 6.61 Å². The van der Waals surface area contributed by atoms with Crippen molar-refractivity contribution in [1.29, 1.82) is 0 Å². The van der Waals surface area contributed by atoms with E-state index in [1.165, 1.54) is 11.8 Å². The summed E-state index contributed by atoms with van der Waals surface area (Å²) >= 11 is 1.21. The first-order chi connectivity index (χ1) is 10.8. The lowest BCUT2D eigenvalue weighted by molar-refractivity contribution is -0.146. The summed E-state index contributed by atoms with van der Waals surface area (Å²) in [6.07, 6.45) is -1.07. The Morgan fingerprint density at radius 1 is 1.30 bits per heavy atom. The SMILES string of the molecule is CCOC(=O)C(Sc1ccccc1)C(O)C1C(C(=O)O)C1(C)C. The van der Waals surface area contributed by atoms with Crippen LogP contribution in [0.5, 0.6) is 0 Å². The standard InChI is InChI=1S/C17H22O5S/c1-4-22-16(21)14(23-10-8-6-5-7-9-10)13(18)11-12(15(19)20)17(11,2)3/h5-9,11-14,18H,4H2,1-3H3,(H,19,20). The summed E-state index contributed by atoms with van der Waals surface area (Å²) in [7, 11) is 0. The molecular formula is C17H22O5S. The lowest BCUT2D eigenvalue weighted by Crippen LogP contribution is -2.36. The van der Waals surface area contributed by atoms with Crippen LogP contribution >= 0.6 is 11.8 Å². The van der Waals surface area contributed by atoms with Crippen LogP contribution in [0, 0.1) is 17.3 Å². The highest BCUT2D eigenvalue weighted by molar-refractivity contribution is 8.00. The number of aliphatic hydroxyl groups excluding tert-OH is 1. The van der Waals surface area contributed by atoms with E-state index in [1.54, 1.807) is 20.8 Å². The van der Waals surface area contributed by atoms with Gasteiger partial charge in [-0.05, 0) is 24.5 Å². The number of hydrogen-bond donors (Lipinski definition) is 2. The maximum absolute atomic E-state index is 12.3. The third-order valence-corrected chi connectivity index (χ3v) is 5.65. The summed E-state index contributed by atoms with van der Waals surface area (Å²) in [5.41, 5.74) is -0.534. The van der Waals surface area contributed by atoms with Crippen LogP contribution in [0.3, 0.4) is 0 Å². The number of carbonyl (C=O) groups excluding carboxylic acids is 1. The highest BCUT2D eigenvalue weighted by atomic mass is 32.2. The average Bonchev–Trinajstić information content (AvgIpc) is 3.08. The molecule has 23 heavy (non-hydrogen) atoms. The Kier molecular flexibility index (Phi) is 5.37. The minimum Gasteiger partial charge on any atom is -0.481 e. The van der Waals surface area contributed by atoms with Gasteiger partial charge in [-0.3, -0.25) is 9.59 Å². The number of aliphatic carboxylic acids is 1. The topological polar surface area (TPSA) is 83.8 Å². The molecule has 126 valence electrons. The number of carbonyl (C=O) groups is 2. The van der Waals surface area contributed by atoms with Crippen LogP contribution in [-0.4, -0.2) is 40.1 Å². The van der Waals surface area contributed by atoms with Gasteiger partial charge in [0.2, 0.25) is 0 Å². The Bertz CT molecular complexity index is 572. The zero-order valence-corrected chi connectivity index (χ0v) is 14.2. The number of hydrogen-bond acceptors (Lipinski definition) is 5. The second-order valence-corrected chi connectivity index (χ2v) is 7.47. The van der Waals surface area contributed by atoms with E-state index in [-0.39, 0.29) is 6.61 Å². The molecule has 2 N–H and O–H groups in total. The summed E-state index contributed by atoms with van der Waals surface area (Å²) in [6.45, 7) is 5.52. The molecule has 0 saturated heterocycles. The molecule has 1 aliphatic carbocycles. The number of carboxylic acid groups (broad SMARTS) is 1. The highest BCUT2D eigenvalue weighted by Crippen LogP contribution is 2.61. The summed E-state index contributed by atoms with van der Waals surface area (Å²) in [5.74, 6) is -2.57. The molecule has 0 radical (unpaired) electrons. The van der Waals surface area contributed by atoms with E-state index >= 15 is 0 Å². The minimum absolute atomic E-state index is 0.216. The third kappa shape index (κ3) is 3.70. The van der Waals surface area contributed by atoms with Gasteiger partial charge in [0.05, 0.1) is 18.6 Å². The van der Waals surface area contributed by atoms with Crippen molar-refractivity contribution in [2.24, 2.45) is 17.3 Å². The molecule has 0 heterocycles. The molecule has 0 aromatic heterocycles. The quantitative estimate of drug-likeness (QED) is 0.587. The number of thioether (sulfide) groups is 1. The highest BCUT2D eigenvalue weighted by Gasteiger charge is 2.66. The average molecular weight is 338 g/mol. The molecule has 1 aromatic carbocycles. The van der Waals surface area contributed by atoms with E-state index < -0.39 is 40.5 Å². The van der Waals surface area contributed by atoms with Gasteiger partial charge in [-0.25, -0.2) is 0 Å². The van der Waals surface area contributed by atoms with Gasteiger partial charge in [-0.1, -0.05) is 32.0 Å². The van der Waals surface area contributed by atoms with Crippen molar-refractivity contribution < 1.29 is 24.5 Å². The number of ether oxygens (including phenoxy) is 1. The number of carboxylic acids is 1. The maximum atomic E-state index is 12.3. The summed E-state index contributed by atoms with van der Waals surface area (Å²) in [5, 5.41) is 19.1. The lowest BCUT2D eigenvalue weighted by atomic mass is 10.0. The summed E-state index contributed by atoms with van der Waals surface area (Å²) in [4.78, 5) is 24.4. The van der Waals surface area contributed by atoms with Crippen LogP contribution in [0.15, 0.2) is 35.2 Å². The normalized spacial score (nSPS) is 24.5. The van der Waals surface area contributed by atoms with Crippen molar-refractivity contribution in [1.82, 2.24) is 0 Å². The van der Waals surface area contributed by atoms with Crippen molar-refractivity contribution in [3.05, 3.63) is 30.3 Å². The van der Waals surface area contributed by atoms with E-state index in [0.29, 0.717) is 0 Å². The second-order valence-electron chi connectivity index (χ2n) is 6.26. The van der Waals surface area contributed by atoms with Crippen LogP contribution in [0.4, 0.5) is 0 Å². The molecule has 0 aliphatic heterocycles. The fraction of sp³-hybridized carbons (Fsp3) is 0.529. The molecular weight excluding hydrogens is 316 g/mol. The molecule has 1 saturated carbocycles. The molecule has 6 heteroatoms. The number of benzene rings is 1. The molecule has 0 bridgehead atoms. The second kappa shape index (κ2) is 6.93. The smallest absolute Gasteiger partial charge is 0.322 e. The summed E-state index contributed by atoms with van der Waals surface area (Å²) in [6, 6.07) is 9.24. The van der Waals surface area contributed by atoms with E-state index in [2.05, 4.69) is 0 Å². The molecule has 4 atom stereocenters. The largest absolute Gasteiger partial charge is 0.481 e. The first kappa shape index (κ1) is 17.8. The fourth-order valence-electron chi connectivity index (χ4n) is 3.10. The van der Waals surface area contributed by atoms with Gasteiger partial charge in [0.1, 0.15) is 5.25 Å². The number of esters is 1. The van der Waals surface area contributed by atoms with Crippen LogP contribution in [0.2, 0.25) is 0 Å². The van der Waals surface area contributed by atoms with Crippen molar-refractivity contribution in [2.45, 2.75) is 37.0 Å². The number of rotatable bonds is 7. The van der Waals surface area contributed by atoms with Crippen LogP contribution in [-0.2, 0) is 14.3 Å². The van der Waals surface area contributed by atoms with Crippen molar-refractivity contribution in [3.63, 3.8) is 0 Å². The predicted molar refractivity (Wildman–Crippen MR) is 87.1 cm³/mol. The molecule has 1 aromatic rings. The fourth-order valence-corrected chi connectivity index (χ4v) is 4.18. The van der Waals surface area contributed by atoms with Crippen LogP contribution < -0.4 is 0 Å². The zero-order valence-electron chi connectivity index (χ0n) is 13.4. The van der Waals surface area contributed by atoms with Crippen LogP contribution in [0.1, 0.15) is 20.8 Å². The minimum atomic E-state index is -1.07. The van der Waals surface area contributed by atoms with E-state index in [1.807, 2.05) is 30.3 Å². The van der Waals surface area contributed by atoms with Gasteiger partial charge in [0.25, 0.3) is 0 Å². The molecule has 5 nitrogen and oxygen atoms in total. The van der Waals surface area contributed by atoms with Crippen molar-refractivity contribution in [3.8, 4) is 0 Å². The molecule has 2 rings (SSSR count). The monoisotopic (exact) mass is 338 g/mol. The first-order valence-electron chi connectivity index (χ1n) is 7.60. The van der Waals surface area contributed by atoms with Gasteiger partial charge in [-0.15, -0.1) is 11.8 Å². The number of aliphatic hydroxyl groups is 1. The van der Waals surface area contributed by atoms with Crippen molar-refractivity contribution >= 4 is 23.7 Å². The molecule has 4 unspecified atom stereocenters. The van der Waals surface area contributed by atoms with Gasteiger partial charge < -0.3 is 14.9 Å². The van der Waals surface area contributed by atoms with E-state index in [9.17, 15) is 19.8 Å². The van der Waals surface area contributed by atoms with Gasteiger partial charge >= 0.3 is 11.9 Å². The first-order valence-corrected chi connectivity index (χ1v) is 8.47. The Morgan fingerprint density at radius 2 is 1.91 bits per heavy atom. The zero-order chi connectivity index (χ0) is 17.2. The Hall–Kier alpha value is -1.53. The van der Waals surface area contributed by atoms with Gasteiger partial charge in [0.15, 0.2) is 0 Å². The maximum Gasteiger partial charge on any atom is 0.322 e. The molecule has 1 fully saturated rings. The predicted octanol–water partition coefficient (Wildman–Crippen LogP) is 2.43. The third-order valence-electron chi connectivity index (χ3n) is 4.38. The van der Waals surface area contributed by atoms with Crippen LogP contribution in [0.25, 0.3) is 0 Å². The Balaban J connectivity index is 2.20. The Morgan fingerprint density at radius 3 is 2.39 bits per heavy atom.